The molecule has 0 fully saturated rings. The summed E-state index contributed by atoms with van der Waals surface area (Å²) in [5.41, 5.74) is 13.2. The van der Waals surface area contributed by atoms with Crippen molar-refractivity contribution in [3.05, 3.63) is 22.2 Å². The molecule has 0 aliphatic heterocycles. The summed E-state index contributed by atoms with van der Waals surface area (Å²) in [5, 5.41) is 3.10. The second-order valence-corrected chi connectivity index (χ2v) is 4.14. The second-order valence-electron chi connectivity index (χ2n) is 3.28. The molecule has 0 aliphatic carbocycles. The van der Waals surface area contributed by atoms with Crippen LogP contribution in [0.4, 0.5) is 16.2 Å². The summed E-state index contributed by atoms with van der Waals surface area (Å²) in [6, 6.07) is 3.75. The van der Waals surface area contributed by atoms with Gasteiger partial charge in [0.2, 0.25) is 0 Å². The topological polar surface area (TPSA) is 90.4 Å². The average Bonchev–Trinajstić information content (AvgIpc) is 2.19. The zero-order valence-corrected chi connectivity index (χ0v) is 10.5. The number of hydrogen-bond acceptors (Lipinski definition) is 4. The van der Waals surface area contributed by atoms with Gasteiger partial charge in [-0.05, 0) is 40.5 Å². The number of benzene rings is 1. The smallest absolute Gasteiger partial charge is 0.404 e. The lowest BCUT2D eigenvalue weighted by molar-refractivity contribution is 0.161. The Morgan fingerprint density at radius 1 is 1.56 bits per heavy atom. The van der Waals surface area contributed by atoms with E-state index in [1.54, 1.807) is 0 Å². The molecular formula is C10H14BrN3O2. The fourth-order valence-corrected chi connectivity index (χ4v) is 1.67. The Hall–Kier alpha value is -1.43. The molecule has 0 aromatic heterocycles. The third-order valence-corrected chi connectivity index (χ3v) is 2.67. The number of carbonyl (C=O) groups excluding carboxylic acids is 1. The lowest BCUT2D eigenvalue weighted by Crippen LogP contribution is -2.18. The molecule has 0 radical (unpaired) electrons. The van der Waals surface area contributed by atoms with Crippen LogP contribution < -0.4 is 16.8 Å². The third kappa shape index (κ3) is 3.62. The summed E-state index contributed by atoms with van der Waals surface area (Å²) in [6.07, 6.45) is -0.769. The van der Waals surface area contributed by atoms with E-state index in [-0.39, 0.29) is 6.61 Å². The number of hydrogen-bond donors (Lipinski definition) is 3. The summed E-state index contributed by atoms with van der Waals surface area (Å²) in [4.78, 5) is 10.3. The summed E-state index contributed by atoms with van der Waals surface area (Å²) < 4.78 is 5.46. The van der Waals surface area contributed by atoms with Crippen LogP contribution in [0.25, 0.3) is 0 Å². The van der Waals surface area contributed by atoms with E-state index in [1.165, 1.54) is 0 Å². The van der Waals surface area contributed by atoms with Crippen molar-refractivity contribution in [2.75, 3.05) is 24.2 Å². The normalized spacial score (nSPS) is 9.88. The molecule has 88 valence electrons. The van der Waals surface area contributed by atoms with Crippen molar-refractivity contribution in [2.45, 2.75) is 6.92 Å². The quantitative estimate of drug-likeness (QED) is 0.582. The molecule has 5 N–H and O–H groups in total. The van der Waals surface area contributed by atoms with Gasteiger partial charge in [0.25, 0.3) is 0 Å². The third-order valence-electron chi connectivity index (χ3n) is 2.02. The van der Waals surface area contributed by atoms with Gasteiger partial charge in [0, 0.05) is 22.4 Å². The maximum absolute atomic E-state index is 10.3. The highest BCUT2D eigenvalue weighted by Gasteiger charge is 2.03. The molecule has 0 bridgehead atoms. The molecule has 1 amide bonds. The van der Waals surface area contributed by atoms with Gasteiger partial charge in [-0.2, -0.15) is 0 Å². The molecular weight excluding hydrogens is 274 g/mol. The van der Waals surface area contributed by atoms with E-state index in [2.05, 4.69) is 26.0 Å². The van der Waals surface area contributed by atoms with Gasteiger partial charge in [-0.15, -0.1) is 0 Å². The van der Waals surface area contributed by atoms with Crippen LogP contribution in [0.1, 0.15) is 5.56 Å². The van der Waals surface area contributed by atoms with Crippen LogP contribution in [0.3, 0.4) is 0 Å². The first-order chi connectivity index (χ1) is 7.50. The fourth-order valence-electron chi connectivity index (χ4n) is 1.17. The molecule has 0 aliphatic rings. The number of anilines is 2. The predicted molar refractivity (Wildman–Crippen MR) is 67.3 cm³/mol. The number of primary amides is 1. The zero-order valence-electron chi connectivity index (χ0n) is 8.92. The predicted octanol–water partition coefficient (Wildman–Crippen LogP) is 1.85. The van der Waals surface area contributed by atoms with Gasteiger partial charge in [-0.1, -0.05) is 0 Å². The Balaban J connectivity index is 2.54. The van der Waals surface area contributed by atoms with Crippen LogP contribution in [0.5, 0.6) is 0 Å². The number of amides is 1. The number of ether oxygens (including phenoxy) is 1. The van der Waals surface area contributed by atoms with E-state index >= 15 is 0 Å². The highest BCUT2D eigenvalue weighted by molar-refractivity contribution is 9.10. The molecule has 0 heterocycles. The van der Waals surface area contributed by atoms with E-state index in [4.69, 9.17) is 11.5 Å². The van der Waals surface area contributed by atoms with Gasteiger partial charge in [-0.3, -0.25) is 0 Å². The van der Waals surface area contributed by atoms with Crippen LogP contribution in [-0.4, -0.2) is 19.2 Å². The first kappa shape index (κ1) is 12.6. The van der Waals surface area contributed by atoms with E-state index < -0.39 is 6.09 Å². The number of halogens is 1. The standard InChI is InChI=1S/C10H14BrN3O2/c1-6-4-9(7(11)5-8(6)12)14-2-3-16-10(13)15/h4-5,14H,2-3,12H2,1H3,(H2,13,15). The van der Waals surface area contributed by atoms with Gasteiger partial charge in [0.1, 0.15) is 6.61 Å². The second kappa shape index (κ2) is 5.60. The first-order valence-corrected chi connectivity index (χ1v) is 5.51. The number of rotatable bonds is 4. The average molecular weight is 288 g/mol. The Kier molecular flexibility index (Phi) is 4.42. The summed E-state index contributed by atoms with van der Waals surface area (Å²) >= 11 is 3.39. The summed E-state index contributed by atoms with van der Waals surface area (Å²) in [7, 11) is 0. The van der Waals surface area contributed by atoms with Crippen LogP contribution in [0.15, 0.2) is 16.6 Å². The first-order valence-electron chi connectivity index (χ1n) is 4.72. The van der Waals surface area contributed by atoms with Gasteiger partial charge in [0.15, 0.2) is 0 Å². The Morgan fingerprint density at radius 2 is 2.25 bits per heavy atom. The van der Waals surface area contributed by atoms with Gasteiger partial charge < -0.3 is 21.5 Å². The minimum atomic E-state index is -0.769. The molecule has 0 spiro atoms. The summed E-state index contributed by atoms with van der Waals surface area (Å²) in [5.74, 6) is 0. The zero-order chi connectivity index (χ0) is 12.1. The van der Waals surface area contributed by atoms with E-state index in [9.17, 15) is 4.79 Å². The molecule has 1 aromatic rings. The number of nitrogen functional groups attached to an aromatic ring is 1. The molecule has 6 heteroatoms. The van der Waals surface area contributed by atoms with Crippen molar-refractivity contribution in [2.24, 2.45) is 5.73 Å². The lowest BCUT2D eigenvalue weighted by atomic mass is 10.2. The molecule has 0 atom stereocenters. The molecule has 1 aromatic carbocycles. The fraction of sp³-hybridized carbons (Fsp3) is 0.300. The largest absolute Gasteiger partial charge is 0.448 e. The number of carbonyl (C=O) groups is 1. The molecule has 0 saturated carbocycles. The Bertz CT molecular complexity index is 396. The Morgan fingerprint density at radius 3 is 2.88 bits per heavy atom. The van der Waals surface area contributed by atoms with Crippen LogP contribution >= 0.6 is 15.9 Å². The Labute approximate surface area is 102 Å². The van der Waals surface area contributed by atoms with Crippen molar-refractivity contribution in [1.82, 2.24) is 0 Å². The molecule has 0 unspecified atom stereocenters. The van der Waals surface area contributed by atoms with Crippen molar-refractivity contribution >= 4 is 33.4 Å². The molecule has 16 heavy (non-hydrogen) atoms. The number of nitrogens with one attached hydrogen (secondary N) is 1. The van der Waals surface area contributed by atoms with E-state index in [0.29, 0.717) is 6.54 Å². The highest BCUT2D eigenvalue weighted by Crippen LogP contribution is 2.27. The monoisotopic (exact) mass is 287 g/mol. The minimum Gasteiger partial charge on any atom is -0.448 e. The van der Waals surface area contributed by atoms with Crippen LogP contribution in [0, 0.1) is 6.92 Å². The van der Waals surface area contributed by atoms with Gasteiger partial charge in [0.05, 0.1) is 0 Å². The lowest BCUT2D eigenvalue weighted by Gasteiger charge is -2.10. The SMILES string of the molecule is Cc1cc(NCCOC(N)=O)c(Br)cc1N. The maximum atomic E-state index is 10.3. The van der Waals surface area contributed by atoms with E-state index in [0.717, 1.165) is 21.4 Å². The summed E-state index contributed by atoms with van der Waals surface area (Å²) in [6.45, 7) is 2.64. The van der Waals surface area contributed by atoms with Gasteiger partial charge >= 0.3 is 6.09 Å². The van der Waals surface area contributed by atoms with Crippen LogP contribution in [0.2, 0.25) is 0 Å². The van der Waals surface area contributed by atoms with Crippen molar-refractivity contribution in [3.63, 3.8) is 0 Å². The van der Waals surface area contributed by atoms with Gasteiger partial charge in [-0.25, -0.2) is 4.79 Å². The molecule has 0 saturated heterocycles. The minimum absolute atomic E-state index is 0.227. The van der Waals surface area contributed by atoms with Crippen molar-refractivity contribution < 1.29 is 9.53 Å². The molecule has 1 rings (SSSR count). The van der Waals surface area contributed by atoms with Crippen molar-refractivity contribution in [1.29, 1.82) is 0 Å². The number of nitrogens with two attached hydrogens (primary N) is 2. The highest BCUT2D eigenvalue weighted by atomic mass is 79.9. The van der Waals surface area contributed by atoms with E-state index in [1.807, 2.05) is 19.1 Å². The van der Waals surface area contributed by atoms with Crippen molar-refractivity contribution in [3.8, 4) is 0 Å². The number of aryl methyl sites for hydroxylation is 1. The van der Waals surface area contributed by atoms with Crippen LogP contribution in [-0.2, 0) is 4.74 Å². The molecule has 5 nitrogen and oxygen atoms in total. The maximum Gasteiger partial charge on any atom is 0.404 e.